The molecule has 0 aliphatic carbocycles. The van der Waals surface area contributed by atoms with Crippen LogP contribution in [-0.2, 0) is 15.5 Å². The summed E-state index contributed by atoms with van der Waals surface area (Å²) in [5.74, 6) is 0. The molecule has 0 bridgehead atoms. The molecule has 0 aromatic heterocycles. The van der Waals surface area contributed by atoms with Gasteiger partial charge in [-0.25, -0.2) is 0 Å². The molecule has 0 aromatic carbocycles. The first kappa shape index (κ1) is 13.1. The molecular weight excluding hydrogens is 210 g/mol. The quantitative estimate of drug-likeness (QED) is 0.703. The highest BCUT2D eigenvalue weighted by atomic mass is 32.2. The van der Waals surface area contributed by atoms with Gasteiger partial charge in [-0.15, -0.1) is 0 Å². The summed E-state index contributed by atoms with van der Waals surface area (Å²) in [6.07, 6.45) is 5.92. The van der Waals surface area contributed by atoms with Crippen molar-refractivity contribution in [1.29, 1.82) is 0 Å². The average Bonchev–Trinajstić information content (AvgIpc) is 2.58. The van der Waals surface area contributed by atoms with Gasteiger partial charge in [-0.05, 0) is 32.7 Å². The lowest BCUT2D eigenvalue weighted by molar-refractivity contribution is 0.0561. The Balaban J connectivity index is 2.00. The Kier molecular flexibility index (Phi) is 5.79. The third-order valence-corrected chi connectivity index (χ3v) is 4.36. The van der Waals surface area contributed by atoms with Crippen molar-refractivity contribution in [2.45, 2.75) is 50.6 Å². The van der Waals surface area contributed by atoms with Gasteiger partial charge in [-0.1, -0.05) is 6.92 Å². The molecule has 15 heavy (non-hydrogen) atoms. The first-order chi connectivity index (χ1) is 7.09. The summed E-state index contributed by atoms with van der Waals surface area (Å²) in [7, 11) is -0.693. The molecular formula is C11H23NO2S. The maximum Gasteiger partial charge on any atom is 0.0704 e. The Bertz CT molecular complexity index is 211. The Hall–Kier alpha value is 0.0700. The van der Waals surface area contributed by atoms with Crippen LogP contribution in [0, 0.1) is 0 Å². The molecule has 3 nitrogen and oxygen atoms in total. The summed E-state index contributed by atoms with van der Waals surface area (Å²) in [4.78, 5) is 0. The van der Waals surface area contributed by atoms with Crippen molar-refractivity contribution >= 4 is 10.8 Å². The number of ether oxygens (including phenoxy) is 1. The van der Waals surface area contributed by atoms with Crippen LogP contribution in [0.1, 0.15) is 33.1 Å². The van der Waals surface area contributed by atoms with Crippen molar-refractivity contribution in [2.75, 3.05) is 19.3 Å². The minimum absolute atomic E-state index is 0.293. The molecule has 1 fully saturated rings. The summed E-state index contributed by atoms with van der Waals surface area (Å²) >= 11 is 0. The van der Waals surface area contributed by atoms with Gasteiger partial charge in [0.25, 0.3) is 0 Å². The molecule has 1 N–H and O–H groups in total. The van der Waals surface area contributed by atoms with Crippen molar-refractivity contribution in [3.05, 3.63) is 0 Å². The van der Waals surface area contributed by atoms with Crippen LogP contribution in [-0.4, -0.2) is 41.0 Å². The van der Waals surface area contributed by atoms with Crippen LogP contribution in [0.15, 0.2) is 0 Å². The van der Waals surface area contributed by atoms with Gasteiger partial charge < -0.3 is 10.1 Å². The minimum Gasteiger partial charge on any atom is -0.374 e. The Labute approximate surface area is 95.4 Å². The molecule has 1 rings (SSSR count). The van der Waals surface area contributed by atoms with E-state index >= 15 is 0 Å². The van der Waals surface area contributed by atoms with Crippen LogP contribution in [0.5, 0.6) is 0 Å². The first-order valence-corrected chi connectivity index (χ1v) is 7.40. The van der Waals surface area contributed by atoms with E-state index in [1.165, 1.54) is 12.8 Å². The predicted octanol–water partition coefficient (Wildman–Crippen LogP) is 1.30. The normalized spacial score (nSPS) is 30.3. The van der Waals surface area contributed by atoms with Gasteiger partial charge in [0.05, 0.1) is 12.2 Å². The van der Waals surface area contributed by atoms with E-state index < -0.39 is 10.8 Å². The van der Waals surface area contributed by atoms with Gasteiger partial charge in [0.2, 0.25) is 0 Å². The number of rotatable bonds is 6. The zero-order chi connectivity index (χ0) is 11.3. The summed E-state index contributed by atoms with van der Waals surface area (Å²) in [5.41, 5.74) is 0. The topological polar surface area (TPSA) is 38.3 Å². The van der Waals surface area contributed by atoms with E-state index in [0.29, 0.717) is 17.5 Å². The molecule has 0 radical (unpaired) electrons. The highest BCUT2D eigenvalue weighted by Gasteiger charge is 2.20. The molecule has 1 heterocycles. The van der Waals surface area contributed by atoms with Gasteiger partial charge >= 0.3 is 0 Å². The van der Waals surface area contributed by atoms with Crippen molar-refractivity contribution in [1.82, 2.24) is 5.32 Å². The summed E-state index contributed by atoms with van der Waals surface area (Å²) < 4.78 is 16.8. The molecule has 0 saturated carbocycles. The lowest BCUT2D eigenvalue weighted by Gasteiger charge is -2.13. The van der Waals surface area contributed by atoms with E-state index in [9.17, 15) is 4.21 Å². The molecule has 4 unspecified atom stereocenters. The Morgan fingerprint density at radius 3 is 2.80 bits per heavy atom. The number of nitrogens with one attached hydrogen (secondary N) is 1. The first-order valence-electron chi connectivity index (χ1n) is 5.78. The van der Waals surface area contributed by atoms with Crippen molar-refractivity contribution < 1.29 is 8.95 Å². The summed E-state index contributed by atoms with van der Waals surface area (Å²) in [6.45, 7) is 6.04. The SMILES string of the molecule is CC1CCC(CNCCC(C)S(C)=O)O1. The van der Waals surface area contributed by atoms with Gasteiger partial charge in [0.15, 0.2) is 0 Å². The lowest BCUT2D eigenvalue weighted by atomic mass is 10.2. The van der Waals surface area contributed by atoms with E-state index in [1.54, 1.807) is 6.26 Å². The predicted molar refractivity (Wildman–Crippen MR) is 64.6 cm³/mol. The molecule has 1 aliphatic rings. The van der Waals surface area contributed by atoms with E-state index in [4.69, 9.17) is 4.74 Å². The zero-order valence-corrected chi connectivity index (χ0v) is 10.8. The van der Waals surface area contributed by atoms with Crippen LogP contribution in [0.4, 0.5) is 0 Å². The Morgan fingerprint density at radius 2 is 2.27 bits per heavy atom. The lowest BCUT2D eigenvalue weighted by Crippen LogP contribution is -2.29. The zero-order valence-electron chi connectivity index (χ0n) is 9.99. The molecule has 0 aromatic rings. The number of hydrogen-bond acceptors (Lipinski definition) is 3. The van der Waals surface area contributed by atoms with Crippen LogP contribution in [0.25, 0.3) is 0 Å². The standard InChI is InChI=1S/C11H23NO2S/c1-9-4-5-11(14-9)8-12-7-6-10(2)15(3)13/h9-12H,4-8H2,1-3H3. The monoisotopic (exact) mass is 233 g/mol. The molecule has 4 heteroatoms. The molecule has 0 spiro atoms. The third-order valence-electron chi connectivity index (χ3n) is 2.99. The maximum atomic E-state index is 11.1. The fourth-order valence-corrected chi connectivity index (χ4v) is 2.22. The fraction of sp³-hybridized carbons (Fsp3) is 1.00. The summed E-state index contributed by atoms with van der Waals surface area (Å²) in [6, 6.07) is 0. The maximum absolute atomic E-state index is 11.1. The molecule has 1 aliphatic heterocycles. The van der Waals surface area contributed by atoms with Crippen molar-refractivity contribution in [2.24, 2.45) is 0 Å². The third kappa shape index (κ3) is 5.09. The van der Waals surface area contributed by atoms with E-state index in [0.717, 1.165) is 19.5 Å². The molecule has 0 amide bonds. The van der Waals surface area contributed by atoms with Gasteiger partial charge in [0, 0.05) is 28.9 Å². The second kappa shape index (κ2) is 6.61. The number of hydrogen-bond donors (Lipinski definition) is 1. The van der Waals surface area contributed by atoms with Crippen LogP contribution >= 0.6 is 0 Å². The van der Waals surface area contributed by atoms with Crippen LogP contribution < -0.4 is 5.32 Å². The molecule has 1 saturated heterocycles. The van der Waals surface area contributed by atoms with E-state index in [1.807, 2.05) is 6.92 Å². The highest BCUT2D eigenvalue weighted by molar-refractivity contribution is 7.84. The Morgan fingerprint density at radius 1 is 1.53 bits per heavy atom. The van der Waals surface area contributed by atoms with E-state index in [-0.39, 0.29) is 0 Å². The van der Waals surface area contributed by atoms with Gasteiger partial charge in [-0.2, -0.15) is 0 Å². The van der Waals surface area contributed by atoms with Gasteiger partial charge in [-0.3, -0.25) is 4.21 Å². The van der Waals surface area contributed by atoms with Crippen LogP contribution in [0.3, 0.4) is 0 Å². The summed E-state index contributed by atoms with van der Waals surface area (Å²) in [5, 5.41) is 3.67. The van der Waals surface area contributed by atoms with E-state index in [2.05, 4.69) is 12.2 Å². The van der Waals surface area contributed by atoms with Crippen LogP contribution in [0.2, 0.25) is 0 Å². The van der Waals surface area contributed by atoms with Crippen molar-refractivity contribution in [3.63, 3.8) is 0 Å². The largest absolute Gasteiger partial charge is 0.374 e. The second-order valence-electron chi connectivity index (χ2n) is 4.45. The molecule has 90 valence electrons. The highest BCUT2D eigenvalue weighted by Crippen LogP contribution is 2.18. The second-order valence-corrected chi connectivity index (χ2v) is 6.25. The van der Waals surface area contributed by atoms with Crippen molar-refractivity contribution in [3.8, 4) is 0 Å². The smallest absolute Gasteiger partial charge is 0.0704 e. The molecule has 4 atom stereocenters. The minimum atomic E-state index is -0.693. The van der Waals surface area contributed by atoms with Gasteiger partial charge in [0.1, 0.15) is 0 Å². The fourth-order valence-electron chi connectivity index (χ4n) is 1.77. The average molecular weight is 233 g/mol.